The summed E-state index contributed by atoms with van der Waals surface area (Å²) in [5, 5.41) is 4.43. The van der Waals surface area contributed by atoms with Crippen molar-refractivity contribution in [2.24, 2.45) is 13.0 Å². The highest BCUT2D eigenvalue weighted by Gasteiger charge is 2.23. The van der Waals surface area contributed by atoms with Gasteiger partial charge in [0.2, 0.25) is 0 Å². The lowest BCUT2D eigenvalue weighted by Crippen LogP contribution is -2.22. The van der Waals surface area contributed by atoms with Gasteiger partial charge < -0.3 is 0 Å². The summed E-state index contributed by atoms with van der Waals surface area (Å²) in [5.74, 6) is 1.56. The van der Waals surface area contributed by atoms with E-state index in [1.54, 1.807) is 0 Å². The minimum Gasteiger partial charge on any atom is -0.297 e. The Morgan fingerprint density at radius 1 is 1.53 bits per heavy atom. The van der Waals surface area contributed by atoms with Gasteiger partial charge in [0.05, 0.1) is 15.9 Å². The number of hydrogen-bond acceptors (Lipinski definition) is 2. The zero-order valence-electron chi connectivity index (χ0n) is 10.4. The number of alkyl halides is 1. The first kappa shape index (κ1) is 13.4. The number of aryl methyl sites for hydroxylation is 2. The average molecular weight is 321 g/mol. The van der Waals surface area contributed by atoms with E-state index in [-0.39, 0.29) is 0 Å². The quantitative estimate of drug-likeness (QED) is 0.795. The molecule has 96 valence electrons. The van der Waals surface area contributed by atoms with Crippen LogP contribution in [-0.4, -0.2) is 33.6 Å². The molecule has 0 saturated carbocycles. The van der Waals surface area contributed by atoms with Crippen molar-refractivity contribution in [2.45, 2.75) is 26.3 Å². The van der Waals surface area contributed by atoms with Crippen LogP contribution in [0.4, 0.5) is 0 Å². The van der Waals surface area contributed by atoms with Crippen molar-refractivity contribution in [2.75, 3.05) is 19.0 Å². The van der Waals surface area contributed by atoms with Crippen molar-refractivity contribution in [3.63, 3.8) is 0 Å². The van der Waals surface area contributed by atoms with Crippen LogP contribution in [0.5, 0.6) is 0 Å². The molecule has 2 rings (SSSR count). The minimum atomic E-state index is 0.778. The fourth-order valence-corrected chi connectivity index (χ4v) is 3.28. The predicted molar refractivity (Wildman–Crippen MR) is 74.4 cm³/mol. The van der Waals surface area contributed by atoms with Gasteiger partial charge in [0.15, 0.2) is 0 Å². The van der Waals surface area contributed by atoms with Crippen LogP contribution in [0.1, 0.15) is 24.2 Å². The molecule has 0 radical (unpaired) electrons. The molecule has 1 fully saturated rings. The predicted octanol–water partition coefficient (Wildman–Crippen LogP) is 2.94. The Hall–Kier alpha value is -0.0600. The maximum atomic E-state index is 5.80. The summed E-state index contributed by atoms with van der Waals surface area (Å²) in [5.41, 5.74) is 2.34. The highest BCUT2D eigenvalue weighted by molar-refractivity contribution is 9.10. The summed E-state index contributed by atoms with van der Waals surface area (Å²) >= 11 is 9.43. The van der Waals surface area contributed by atoms with Gasteiger partial charge in [-0.25, -0.2) is 0 Å². The van der Waals surface area contributed by atoms with Gasteiger partial charge >= 0.3 is 0 Å². The van der Waals surface area contributed by atoms with Crippen LogP contribution in [0, 0.1) is 12.8 Å². The Balaban J connectivity index is 1.98. The topological polar surface area (TPSA) is 21.1 Å². The lowest BCUT2D eigenvalue weighted by atomic mass is 10.1. The van der Waals surface area contributed by atoms with E-state index in [0.29, 0.717) is 0 Å². The van der Waals surface area contributed by atoms with E-state index in [0.717, 1.165) is 34.9 Å². The molecule has 2 heterocycles. The standard InChI is InChI=1S/C12H19BrClN3/c1-9-12(13)11(16(2)15-9)8-17-6-4-10(7-17)3-5-14/h10H,3-8H2,1-2H3. The summed E-state index contributed by atoms with van der Waals surface area (Å²) in [6.45, 7) is 5.37. The monoisotopic (exact) mass is 319 g/mol. The van der Waals surface area contributed by atoms with E-state index in [1.165, 1.54) is 25.2 Å². The van der Waals surface area contributed by atoms with Crippen molar-refractivity contribution in [3.8, 4) is 0 Å². The van der Waals surface area contributed by atoms with Crippen LogP contribution in [0.15, 0.2) is 4.47 Å². The van der Waals surface area contributed by atoms with E-state index >= 15 is 0 Å². The van der Waals surface area contributed by atoms with E-state index < -0.39 is 0 Å². The highest BCUT2D eigenvalue weighted by atomic mass is 79.9. The fraction of sp³-hybridized carbons (Fsp3) is 0.750. The van der Waals surface area contributed by atoms with E-state index in [2.05, 4.69) is 25.9 Å². The molecule has 1 unspecified atom stereocenters. The second-order valence-electron chi connectivity index (χ2n) is 4.84. The molecular weight excluding hydrogens is 302 g/mol. The van der Waals surface area contributed by atoms with Crippen LogP contribution in [0.2, 0.25) is 0 Å². The first-order valence-corrected chi connectivity index (χ1v) is 7.41. The third kappa shape index (κ3) is 3.04. The number of aromatic nitrogens is 2. The number of nitrogens with zero attached hydrogens (tertiary/aromatic N) is 3. The average Bonchev–Trinajstić information content (AvgIpc) is 2.81. The van der Waals surface area contributed by atoms with Crippen LogP contribution < -0.4 is 0 Å². The van der Waals surface area contributed by atoms with Gasteiger partial charge in [0.1, 0.15) is 0 Å². The van der Waals surface area contributed by atoms with Crippen molar-refractivity contribution < 1.29 is 0 Å². The van der Waals surface area contributed by atoms with Gasteiger partial charge in [0.25, 0.3) is 0 Å². The molecule has 1 saturated heterocycles. The summed E-state index contributed by atoms with van der Waals surface area (Å²) < 4.78 is 3.13. The molecule has 1 aliphatic rings. The Labute approximate surface area is 116 Å². The lowest BCUT2D eigenvalue weighted by molar-refractivity contribution is 0.306. The second-order valence-corrected chi connectivity index (χ2v) is 6.01. The van der Waals surface area contributed by atoms with Gasteiger partial charge in [-0.3, -0.25) is 9.58 Å². The maximum Gasteiger partial charge on any atom is 0.0739 e. The van der Waals surface area contributed by atoms with Crippen molar-refractivity contribution in [3.05, 3.63) is 15.9 Å². The van der Waals surface area contributed by atoms with Crippen LogP contribution >= 0.6 is 27.5 Å². The first-order valence-electron chi connectivity index (χ1n) is 6.08. The molecule has 1 aliphatic heterocycles. The third-order valence-corrected chi connectivity index (χ3v) is 4.77. The zero-order chi connectivity index (χ0) is 12.4. The van der Waals surface area contributed by atoms with Crippen LogP contribution in [0.25, 0.3) is 0 Å². The first-order chi connectivity index (χ1) is 8.11. The second kappa shape index (κ2) is 5.72. The molecule has 0 spiro atoms. The molecule has 1 aromatic heterocycles. The maximum absolute atomic E-state index is 5.80. The normalized spacial score (nSPS) is 21.3. The molecule has 1 atom stereocenters. The largest absolute Gasteiger partial charge is 0.297 e. The van der Waals surface area contributed by atoms with Gasteiger partial charge in [-0.05, 0) is 48.2 Å². The Morgan fingerprint density at radius 3 is 2.88 bits per heavy atom. The number of rotatable bonds is 4. The van der Waals surface area contributed by atoms with E-state index in [4.69, 9.17) is 11.6 Å². The molecule has 0 bridgehead atoms. The Morgan fingerprint density at radius 2 is 2.29 bits per heavy atom. The summed E-state index contributed by atoms with van der Waals surface area (Å²) in [6.07, 6.45) is 2.42. The van der Waals surface area contributed by atoms with Gasteiger partial charge in [0, 0.05) is 26.0 Å². The van der Waals surface area contributed by atoms with Crippen LogP contribution in [0.3, 0.4) is 0 Å². The Kier molecular flexibility index (Phi) is 4.50. The van der Waals surface area contributed by atoms with Gasteiger partial charge in [-0.15, -0.1) is 11.6 Å². The van der Waals surface area contributed by atoms with Crippen LogP contribution in [-0.2, 0) is 13.6 Å². The smallest absolute Gasteiger partial charge is 0.0739 e. The Bertz CT molecular complexity index is 391. The molecule has 5 heteroatoms. The molecular formula is C12H19BrClN3. The lowest BCUT2D eigenvalue weighted by Gasteiger charge is -2.16. The summed E-state index contributed by atoms with van der Waals surface area (Å²) in [7, 11) is 2.01. The van der Waals surface area contributed by atoms with Gasteiger partial charge in [-0.2, -0.15) is 5.10 Å². The van der Waals surface area contributed by atoms with E-state index in [1.807, 2.05) is 18.7 Å². The number of halogens is 2. The molecule has 3 nitrogen and oxygen atoms in total. The molecule has 1 aromatic rings. The third-order valence-electron chi connectivity index (χ3n) is 3.52. The molecule has 17 heavy (non-hydrogen) atoms. The minimum absolute atomic E-state index is 0.778. The van der Waals surface area contributed by atoms with Crippen molar-refractivity contribution >= 4 is 27.5 Å². The highest BCUT2D eigenvalue weighted by Crippen LogP contribution is 2.26. The van der Waals surface area contributed by atoms with Crippen molar-refractivity contribution in [1.82, 2.24) is 14.7 Å². The SMILES string of the molecule is Cc1nn(C)c(CN2CCC(CCCl)C2)c1Br. The van der Waals surface area contributed by atoms with Crippen molar-refractivity contribution in [1.29, 1.82) is 0 Å². The number of likely N-dealkylation sites (tertiary alicyclic amines) is 1. The number of hydrogen-bond donors (Lipinski definition) is 0. The zero-order valence-corrected chi connectivity index (χ0v) is 12.8. The molecule has 0 N–H and O–H groups in total. The summed E-state index contributed by atoms with van der Waals surface area (Å²) in [6, 6.07) is 0. The molecule has 0 amide bonds. The molecule has 0 aromatic carbocycles. The van der Waals surface area contributed by atoms with E-state index in [9.17, 15) is 0 Å². The fourth-order valence-electron chi connectivity index (χ4n) is 2.51. The van der Waals surface area contributed by atoms with Gasteiger partial charge in [-0.1, -0.05) is 0 Å². The molecule has 0 aliphatic carbocycles. The summed E-state index contributed by atoms with van der Waals surface area (Å²) in [4.78, 5) is 2.50.